The van der Waals surface area contributed by atoms with Crippen molar-refractivity contribution in [3.63, 3.8) is 0 Å². The number of alkyl halides is 6. The molecular formula is C11H11ClF6O2. The van der Waals surface area contributed by atoms with E-state index in [2.05, 4.69) is 4.74 Å². The zero-order valence-corrected chi connectivity index (χ0v) is 11.2. The molecule has 20 heavy (non-hydrogen) atoms. The van der Waals surface area contributed by atoms with Gasteiger partial charge in [0.1, 0.15) is 5.03 Å². The minimum absolute atomic E-state index is 0.169. The molecule has 1 atom stereocenters. The van der Waals surface area contributed by atoms with E-state index in [-0.39, 0.29) is 11.3 Å². The van der Waals surface area contributed by atoms with Crippen molar-refractivity contribution >= 4 is 17.6 Å². The summed E-state index contributed by atoms with van der Waals surface area (Å²) in [5.41, 5.74) is -0.173. The molecule has 116 valence electrons. The first kappa shape index (κ1) is 17.1. The molecule has 2 nitrogen and oxygen atoms in total. The van der Waals surface area contributed by atoms with Gasteiger partial charge in [0.15, 0.2) is 0 Å². The predicted octanol–water partition coefficient (Wildman–Crippen LogP) is 4.19. The molecule has 0 aromatic rings. The lowest BCUT2D eigenvalue weighted by atomic mass is 10.1. The highest BCUT2D eigenvalue weighted by molar-refractivity contribution is 6.41. The zero-order valence-electron chi connectivity index (χ0n) is 10.4. The number of hydrogen-bond donors (Lipinski definition) is 0. The van der Waals surface area contributed by atoms with Crippen molar-refractivity contribution in [2.45, 2.75) is 38.7 Å². The molecular weight excluding hydrogens is 314 g/mol. The fourth-order valence-electron chi connectivity index (χ4n) is 1.52. The van der Waals surface area contributed by atoms with E-state index in [1.165, 1.54) is 0 Å². The van der Waals surface area contributed by atoms with E-state index in [1.54, 1.807) is 0 Å². The Balaban J connectivity index is 2.77. The molecule has 0 aromatic heterocycles. The number of halogens is 7. The summed E-state index contributed by atoms with van der Waals surface area (Å²) in [5.74, 6) is -2.01. The zero-order chi connectivity index (χ0) is 15.9. The van der Waals surface area contributed by atoms with Crippen molar-refractivity contribution in [3.05, 3.63) is 11.1 Å². The Hall–Kier alpha value is -0.920. The summed E-state index contributed by atoms with van der Waals surface area (Å²) in [4.78, 5) is 11.2. The van der Waals surface area contributed by atoms with Crippen molar-refractivity contribution < 1.29 is 35.9 Å². The standard InChI is InChI=1S/C11H11ClF6O2/c1-9(2)4-5(9)3-6(12)7(19)20-8(10(13,14)15)11(16,17)18/h3,5,8H,4H2,1-2H3. The maximum Gasteiger partial charge on any atom is 0.434 e. The van der Waals surface area contributed by atoms with Crippen LogP contribution < -0.4 is 0 Å². The Kier molecular flexibility index (Phi) is 4.39. The smallest absolute Gasteiger partial charge is 0.434 e. The lowest BCUT2D eigenvalue weighted by Gasteiger charge is -2.22. The quantitative estimate of drug-likeness (QED) is 0.442. The SMILES string of the molecule is CC1(C)CC1C=C(Cl)C(=O)OC(C(F)(F)F)C(F)(F)F. The summed E-state index contributed by atoms with van der Waals surface area (Å²) in [5, 5.41) is -0.779. The minimum atomic E-state index is -5.75. The van der Waals surface area contributed by atoms with Crippen molar-refractivity contribution in [3.8, 4) is 0 Å². The third kappa shape index (κ3) is 4.29. The van der Waals surface area contributed by atoms with Crippen LogP contribution in [0.4, 0.5) is 26.3 Å². The third-order valence-corrected chi connectivity index (χ3v) is 3.23. The molecule has 0 aromatic carbocycles. The Morgan fingerprint density at radius 1 is 1.25 bits per heavy atom. The summed E-state index contributed by atoms with van der Waals surface area (Å²) < 4.78 is 76.5. The van der Waals surface area contributed by atoms with E-state index in [9.17, 15) is 31.1 Å². The van der Waals surface area contributed by atoms with Crippen LogP contribution in [0, 0.1) is 11.3 Å². The molecule has 1 unspecified atom stereocenters. The Morgan fingerprint density at radius 3 is 1.95 bits per heavy atom. The van der Waals surface area contributed by atoms with Gasteiger partial charge in [0.25, 0.3) is 6.10 Å². The number of esters is 1. The predicted molar refractivity (Wildman–Crippen MR) is 57.8 cm³/mol. The molecule has 0 spiro atoms. The molecule has 1 aliphatic rings. The number of allylic oxidation sites excluding steroid dienone is 1. The van der Waals surface area contributed by atoms with Crippen molar-refractivity contribution in [2.75, 3.05) is 0 Å². The summed E-state index contributed by atoms with van der Waals surface area (Å²) in [7, 11) is 0. The third-order valence-electron chi connectivity index (χ3n) is 2.95. The van der Waals surface area contributed by atoms with Gasteiger partial charge in [0, 0.05) is 0 Å². The molecule has 0 saturated heterocycles. The molecule has 0 aliphatic heterocycles. The van der Waals surface area contributed by atoms with Crippen molar-refractivity contribution in [2.24, 2.45) is 11.3 Å². The molecule has 0 bridgehead atoms. The maximum atomic E-state index is 12.2. The van der Waals surface area contributed by atoms with Gasteiger partial charge >= 0.3 is 18.3 Å². The fourth-order valence-corrected chi connectivity index (χ4v) is 1.72. The second-order valence-corrected chi connectivity index (χ2v) is 5.59. The Bertz CT molecular complexity index is 410. The van der Waals surface area contributed by atoms with E-state index < -0.39 is 29.5 Å². The highest BCUT2D eigenvalue weighted by atomic mass is 35.5. The van der Waals surface area contributed by atoms with Gasteiger partial charge in [-0.1, -0.05) is 31.5 Å². The van der Waals surface area contributed by atoms with Gasteiger partial charge in [-0.05, 0) is 17.8 Å². The van der Waals surface area contributed by atoms with E-state index in [0.717, 1.165) is 6.08 Å². The number of carbonyl (C=O) groups is 1. The number of ether oxygens (including phenoxy) is 1. The van der Waals surface area contributed by atoms with Gasteiger partial charge < -0.3 is 4.74 Å². The van der Waals surface area contributed by atoms with Gasteiger partial charge in [-0.15, -0.1) is 0 Å². The van der Waals surface area contributed by atoms with Crippen LogP contribution in [0.15, 0.2) is 11.1 Å². The van der Waals surface area contributed by atoms with Gasteiger partial charge in [-0.2, -0.15) is 26.3 Å². The van der Waals surface area contributed by atoms with Crippen LogP contribution in [0.25, 0.3) is 0 Å². The average Bonchev–Trinajstić information content (AvgIpc) is 2.78. The summed E-state index contributed by atoms with van der Waals surface area (Å²) in [6, 6.07) is 0. The van der Waals surface area contributed by atoms with Crippen molar-refractivity contribution in [1.29, 1.82) is 0 Å². The normalized spacial score (nSPS) is 22.9. The van der Waals surface area contributed by atoms with Crippen LogP contribution in [0.5, 0.6) is 0 Å². The largest absolute Gasteiger partial charge is 0.439 e. The van der Waals surface area contributed by atoms with Gasteiger partial charge in [-0.25, -0.2) is 4.79 Å². The summed E-state index contributed by atoms with van der Waals surface area (Å²) in [6.45, 7) is 3.63. The maximum absolute atomic E-state index is 12.2. The molecule has 1 rings (SSSR count). The Morgan fingerprint density at radius 2 is 1.65 bits per heavy atom. The monoisotopic (exact) mass is 324 g/mol. The van der Waals surface area contributed by atoms with Crippen LogP contribution in [-0.2, 0) is 9.53 Å². The van der Waals surface area contributed by atoms with Gasteiger partial charge in [0.05, 0.1) is 0 Å². The lowest BCUT2D eigenvalue weighted by molar-refractivity contribution is -0.312. The van der Waals surface area contributed by atoms with Crippen LogP contribution in [0.2, 0.25) is 0 Å². The van der Waals surface area contributed by atoms with E-state index in [4.69, 9.17) is 11.6 Å². The molecule has 0 heterocycles. The number of hydrogen-bond acceptors (Lipinski definition) is 2. The topological polar surface area (TPSA) is 26.3 Å². The number of rotatable bonds is 3. The van der Waals surface area contributed by atoms with Gasteiger partial charge in [0.2, 0.25) is 0 Å². The molecule has 0 amide bonds. The van der Waals surface area contributed by atoms with E-state index >= 15 is 0 Å². The highest BCUT2D eigenvalue weighted by Crippen LogP contribution is 2.53. The molecule has 0 radical (unpaired) electrons. The first-order valence-electron chi connectivity index (χ1n) is 5.47. The van der Waals surface area contributed by atoms with Gasteiger partial charge in [-0.3, -0.25) is 0 Å². The minimum Gasteiger partial charge on any atom is -0.439 e. The molecule has 1 aliphatic carbocycles. The summed E-state index contributed by atoms with van der Waals surface area (Å²) in [6.07, 6.45) is -13.9. The van der Waals surface area contributed by atoms with Crippen LogP contribution in [0.3, 0.4) is 0 Å². The molecule has 1 fully saturated rings. The Labute approximate surface area is 115 Å². The first-order valence-corrected chi connectivity index (χ1v) is 5.84. The van der Waals surface area contributed by atoms with Crippen LogP contribution in [0.1, 0.15) is 20.3 Å². The molecule has 0 N–H and O–H groups in total. The second kappa shape index (κ2) is 5.13. The second-order valence-electron chi connectivity index (χ2n) is 5.18. The van der Waals surface area contributed by atoms with Crippen molar-refractivity contribution in [1.82, 2.24) is 0 Å². The lowest BCUT2D eigenvalue weighted by Crippen LogP contribution is -2.45. The molecule has 9 heteroatoms. The van der Waals surface area contributed by atoms with Crippen LogP contribution in [-0.4, -0.2) is 24.4 Å². The number of carbonyl (C=O) groups excluding carboxylic acids is 1. The highest BCUT2D eigenvalue weighted by Gasteiger charge is 2.60. The summed E-state index contributed by atoms with van der Waals surface area (Å²) >= 11 is 5.39. The fraction of sp³-hybridized carbons (Fsp3) is 0.727. The average molecular weight is 325 g/mol. The first-order chi connectivity index (χ1) is 8.75. The molecule has 1 saturated carbocycles. The van der Waals surface area contributed by atoms with E-state index in [1.807, 2.05) is 13.8 Å². The van der Waals surface area contributed by atoms with E-state index in [0.29, 0.717) is 6.42 Å². The van der Waals surface area contributed by atoms with Crippen LogP contribution >= 0.6 is 11.6 Å².